The van der Waals surface area contributed by atoms with Crippen LogP contribution in [0.5, 0.6) is 0 Å². The van der Waals surface area contributed by atoms with Gasteiger partial charge < -0.3 is 10.1 Å². The van der Waals surface area contributed by atoms with Crippen LogP contribution in [0.1, 0.15) is 47.6 Å². The van der Waals surface area contributed by atoms with Gasteiger partial charge in [0.25, 0.3) is 5.91 Å². The lowest BCUT2D eigenvalue weighted by atomic mass is 9.88. The molecule has 1 aliphatic carbocycles. The SMILES string of the molecule is C=CCn1cc(C2=C(C3=CN(c4nc5c(s4)C(=O)NCC(C)(C)C5)C=CO3)CCC=C2)cn1. The standard InChI is InChI=1S/C25H27N5O2S/c1-4-9-30-14-17(13-27-30)18-7-5-6-8-19(18)21-15-29(10-11-32-21)24-28-20-12-25(2,3)16-26-23(31)22(20)33-24/h4-5,7,10-11,13-15H,1,6,8-9,12,16H2,2-3H3,(H,26,31). The number of allylic oxidation sites excluding steroid dienone is 5. The number of carbonyl (C=O) groups is 1. The van der Waals surface area contributed by atoms with Gasteiger partial charge in [-0.25, -0.2) is 4.98 Å². The zero-order valence-corrected chi connectivity index (χ0v) is 19.7. The predicted molar refractivity (Wildman–Crippen MR) is 130 cm³/mol. The maximum atomic E-state index is 12.6. The quantitative estimate of drug-likeness (QED) is 0.648. The monoisotopic (exact) mass is 461 g/mol. The molecular weight excluding hydrogens is 434 g/mol. The highest BCUT2D eigenvalue weighted by molar-refractivity contribution is 7.17. The molecule has 2 aromatic heterocycles. The molecule has 0 spiro atoms. The Morgan fingerprint density at radius 1 is 1.39 bits per heavy atom. The fourth-order valence-corrected chi connectivity index (χ4v) is 5.18. The van der Waals surface area contributed by atoms with E-state index in [9.17, 15) is 4.79 Å². The van der Waals surface area contributed by atoms with E-state index in [0.29, 0.717) is 18.0 Å². The Morgan fingerprint density at radius 3 is 3.12 bits per heavy atom. The van der Waals surface area contributed by atoms with Crippen LogP contribution in [-0.4, -0.2) is 27.2 Å². The first-order chi connectivity index (χ1) is 15.9. The molecule has 0 fully saturated rings. The van der Waals surface area contributed by atoms with Crippen molar-refractivity contribution in [3.05, 3.63) is 83.3 Å². The smallest absolute Gasteiger partial charge is 0.263 e. The first-order valence-electron chi connectivity index (χ1n) is 11.1. The Hall–Kier alpha value is -3.39. The molecule has 5 rings (SSSR count). The van der Waals surface area contributed by atoms with Gasteiger partial charge in [-0.05, 0) is 30.3 Å². The molecule has 1 N–H and O–H groups in total. The summed E-state index contributed by atoms with van der Waals surface area (Å²) in [5, 5.41) is 8.22. The van der Waals surface area contributed by atoms with Crippen LogP contribution < -0.4 is 10.2 Å². The number of nitrogens with one attached hydrogen (secondary N) is 1. The summed E-state index contributed by atoms with van der Waals surface area (Å²) in [5.41, 5.74) is 4.11. The number of ether oxygens (including phenoxy) is 1. The Balaban J connectivity index is 1.49. The summed E-state index contributed by atoms with van der Waals surface area (Å²) >= 11 is 1.42. The van der Waals surface area contributed by atoms with Crippen LogP contribution in [-0.2, 0) is 17.7 Å². The van der Waals surface area contributed by atoms with E-state index < -0.39 is 0 Å². The van der Waals surface area contributed by atoms with Crippen LogP contribution in [0.15, 0.2) is 67.2 Å². The van der Waals surface area contributed by atoms with Crippen molar-refractivity contribution in [2.75, 3.05) is 11.4 Å². The lowest BCUT2D eigenvalue weighted by molar-refractivity contribution is 0.0948. The first-order valence-corrected chi connectivity index (χ1v) is 11.9. The third kappa shape index (κ3) is 4.30. The second-order valence-corrected chi connectivity index (χ2v) is 10.2. The van der Waals surface area contributed by atoms with E-state index in [1.54, 1.807) is 6.26 Å². The number of hydrogen-bond acceptors (Lipinski definition) is 6. The van der Waals surface area contributed by atoms with Gasteiger partial charge in [0.1, 0.15) is 16.9 Å². The van der Waals surface area contributed by atoms with Crippen LogP contribution in [0, 0.1) is 5.41 Å². The summed E-state index contributed by atoms with van der Waals surface area (Å²) in [6.07, 6.45) is 18.1. The molecule has 0 bridgehead atoms. The minimum atomic E-state index is -0.0419. The fourth-order valence-electron chi connectivity index (χ4n) is 4.22. The van der Waals surface area contributed by atoms with E-state index in [0.717, 1.165) is 52.6 Å². The molecule has 170 valence electrons. The largest absolute Gasteiger partial charge is 0.462 e. The maximum absolute atomic E-state index is 12.6. The van der Waals surface area contributed by atoms with E-state index in [2.05, 4.69) is 43.0 Å². The topological polar surface area (TPSA) is 72.3 Å². The zero-order chi connectivity index (χ0) is 23.0. The summed E-state index contributed by atoms with van der Waals surface area (Å²) in [7, 11) is 0. The van der Waals surface area contributed by atoms with E-state index in [1.165, 1.54) is 11.3 Å². The highest BCUT2D eigenvalue weighted by atomic mass is 32.1. The van der Waals surface area contributed by atoms with Gasteiger partial charge in [0.15, 0.2) is 5.13 Å². The summed E-state index contributed by atoms with van der Waals surface area (Å²) in [6, 6.07) is 0. The number of nitrogens with zero attached hydrogens (tertiary/aromatic N) is 4. The number of carbonyl (C=O) groups excluding carboxylic acids is 1. The van der Waals surface area contributed by atoms with E-state index >= 15 is 0 Å². The van der Waals surface area contributed by atoms with Gasteiger partial charge in [-0.2, -0.15) is 5.10 Å². The highest BCUT2D eigenvalue weighted by Crippen LogP contribution is 2.37. The molecule has 8 heteroatoms. The lowest BCUT2D eigenvalue weighted by Gasteiger charge is -2.24. The molecule has 0 saturated carbocycles. The minimum Gasteiger partial charge on any atom is -0.462 e. The number of hydrogen-bond donors (Lipinski definition) is 1. The molecule has 0 saturated heterocycles. The van der Waals surface area contributed by atoms with Gasteiger partial charge in [0, 0.05) is 30.1 Å². The molecule has 3 aliphatic rings. The molecule has 0 unspecified atom stereocenters. The molecule has 2 aromatic rings. The van der Waals surface area contributed by atoms with Crippen molar-refractivity contribution in [3.8, 4) is 0 Å². The van der Waals surface area contributed by atoms with Crippen LogP contribution in [0.4, 0.5) is 5.13 Å². The van der Waals surface area contributed by atoms with E-state index in [1.807, 2.05) is 40.5 Å². The molecule has 0 atom stereocenters. The Kier molecular flexibility index (Phi) is 5.54. The molecule has 0 radical (unpaired) electrons. The van der Waals surface area contributed by atoms with Crippen molar-refractivity contribution in [2.24, 2.45) is 5.41 Å². The van der Waals surface area contributed by atoms with Gasteiger partial charge in [0.05, 0.1) is 24.6 Å². The molecular formula is C25H27N5O2S. The second-order valence-electron chi connectivity index (χ2n) is 9.17. The zero-order valence-electron chi connectivity index (χ0n) is 18.9. The average molecular weight is 462 g/mol. The van der Waals surface area contributed by atoms with Gasteiger partial charge in [-0.3, -0.25) is 14.4 Å². The Bertz CT molecular complexity index is 1230. The summed E-state index contributed by atoms with van der Waals surface area (Å²) in [5.74, 6) is 0.739. The fraction of sp³-hybridized carbons (Fsp3) is 0.320. The molecule has 1 amide bonds. The highest BCUT2D eigenvalue weighted by Gasteiger charge is 2.31. The van der Waals surface area contributed by atoms with Crippen molar-refractivity contribution in [3.63, 3.8) is 0 Å². The number of thiazole rings is 1. The van der Waals surface area contributed by atoms with Gasteiger partial charge >= 0.3 is 0 Å². The Labute approximate surface area is 197 Å². The van der Waals surface area contributed by atoms with Crippen LogP contribution >= 0.6 is 11.3 Å². The molecule has 0 aromatic carbocycles. The van der Waals surface area contributed by atoms with Gasteiger partial charge in [0.2, 0.25) is 0 Å². The number of amides is 1. The van der Waals surface area contributed by atoms with Crippen molar-refractivity contribution in [1.29, 1.82) is 0 Å². The van der Waals surface area contributed by atoms with E-state index in [4.69, 9.17) is 9.72 Å². The number of rotatable bonds is 5. The molecule has 7 nitrogen and oxygen atoms in total. The first kappa shape index (κ1) is 21.5. The van der Waals surface area contributed by atoms with E-state index in [-0.39, 0.29) is 11.3 Å². The van der Waals surface area contributed by atoms with Crippen LogP contribution in [0.3, 0.4) is 0 Å². The summed E-state index contributed by atoms with van der Waals surface area (Å²) in [4.78, 5) is 20.1. The molecule has 2 aliphatic heterocycles. The number of aromatic nitrogens is 3. The second kappa shape index (κ2) is 8.51. The van der Waals surface area contributed by atoms with Gasteiger partial charge in [-0.15, -0.1) is 6.58 Å². The van der Waals surface area contributed by atoms with Crippen LogP contribution in [0.25, 0.3) is 5.57 Å². The van der Waals surface area contributed by atoms with Crippen molar-refractivity contribution >= 4 is 27.9 Å². The summed E-state index contributed by atoms with van der Waals surface area (Å²) in [6.45, 7) is 9.40. The normalized spacial score (nSPS) is 19.5. The van der Waals surface area contributed by atoms with Crippen molar-refractivity contribution in [1.82, 2.24) is 20.1 Å². The number of fused-ring (bicyclic) bond motifs is 1. The van der Waals surface area contributed by atoms with Gasteiger partial charge in [-0.1, -0.05) is 43.4 Å². The molecule has 4 heterocycles. The van der Waals surface area contributed by atoms with Crippen molar-refractivity contribution in [2.45, 2.75) is 39.7 Å². The minimum absolute atomic E-state index is 0.0295. The lowest BCUT2D eigenvalue weighted by Crippen LogP contribution is -2.31. The third-order valence-electron chi connectivity index (χ3n) is 5.89. The van der Waals surface area contributed by atoms with Crippen molar-refractivity contribution < 1.29 is 9.53 Å². The third-order valence-corrected chi connectivity index (χ3v) is 7.00. The van der Waals surface area contributed by atoms with Crippen LogP contribution in [0.2, 0.25) is 0 Å². The average Bonchev–Trinajstić information content (AvgIpc) is 3.43. The maximum Gasteiger partial charge on any atom is 0.263 e. The predicted octanol–water partition coefficient (Wildman–Crippen LogP) is 4.79. The Morgan fingerprint density at radius 2 is 2.27 bits per heavy atom. The number of anilines is 1. The summed E-state index contributed by atoms with van der Waals surface area (Å²) < 4.78 is 7.82. The molecule has 33 heavy (non-hydrogen) atoms.